The predicted molar refractivity (Wildman–Crippen MR) is 85.3 cm³/mol. The van der Waals surface area contributed by atoms with Gasteiger partial charge in [0.05, 0.1) is 21.7 Å². The molecule has 2 aromatic rings. The Morgan fingerprint density at radius 1 is 1.43 bits per heavy atom. The second kappa shape index (κ2) is 6.73. The standard InChI is InChI=1S/C14H16FN3O3S2/c1-9-13(22-8-17-9)5-6-18(2)14(19)11-7-10(23(16,20)21)3-4-12(11)15/h3-4,7-8H,5-6H2,1-2H3,(H2,16,20,21). The van der Waals surface area contributed by atoms with Gasteiger partial charge in [-0.05, 0) is 25.1 Å². The van der Waals surface area contributed by atoms with Gasteiger partial charge in [0.2, 0.25) is 10.0 Å². The number of aryl methyl sites for hydroxylation is 1. The van der Waals surface area contributed by atoms with Gasteiger partial charge in [-0.2, -0.15) is 0 Å². The van der Waals surface area contributed by atoms with E-state index in [0.717, 1.165) is 28.8 Å². The van der Waals surface area contributed by atoms with E-state index < -0.39 is 21.7 Å². The number of primary sulfonamides is 1. The number of amides is 1. The average Bonchev–Trinajstić information content (AvgIpc) is 2.88. The minimum Gasteiger partial charge on any atom is -0.341 e. The third-order valence-electron chi connectivity index (χ3n) is 3.36. The van der Waals surface area contributed by atoms with Crippen molar-refractivity contribution in [3.8, 4) is 0 Å². The van der Waals surface area contributed by atoms with Crippen LogP contribution in [0.15, 0.2) is 28.6 Å². The summed E-state index contributed by atoms with van der Waals surface area (Å²) in [5.74, 6) is -1.39. The highest BCUT2D eigenvalue weighted by atomic mass is 32.2. The van der Waals surface area contributed by atoms with Crippen LogP contribution in [-0.4, -0.2) is 37.8 Å². The number of benzene rings is 1. The Balaban J connectivity index is 2.17. The highest BCUT2D eigenvalue weighted by Crippen LogP contribution is 2.17. The predicted octanol–water partition coefficient (Wildman–Crippen LogP) is 1.55. The molecule has 0 unspecified atom stereocenters. The lowest BCUT2D eigenvalue weighted by Gasteiger charge is -2.17. The quantitative estimate of drug-likeness (QED) is 0.878. The van der Waals surface area contributed by atoms with Crippen LogP contribution in [-0.2, 0) is 16.4 Å². The maximum absolute atomic E-state index is 13.9. The summed E-state index contributed by atoms with van der Waals surface area (Å²) in [7, 11) is -2.47. The number of halogens is 1. The van der Waals surface area contributed by atoms with Gasteiger partial charge in [0, 0.05) is 24.9 Å². The minimum absolute atomic E-state index is 0.297. The van der Waals surface area contributed by atoms with Crippen LogP contribution in [0.25, 0.3) is 0 Å². The smallest absolute Gasteiger partial charge is 0.256 e. The largest absolute Gasteiger partial charge is 0.341 e. The highest BCUT2D eigenvalue weighted by Gasteiger charge is 2.20. The van der Waals surface area contributed by atoms with Crippen LogP contribution in [0.3, 0.4) is 0 Å². The van der Waals surface area contributed by atoms with Crippen molar-refractivity contribution < 1.29 is 17.6 Å². The molecule has 0 aliphatic carbocycles. The number of sulfonamides is 1. The fraction of sp³-hybridized carbons (Fsp3) is 0.286. The van der Waals surface area contributed by atoms with Crippen molar-refractivity contribution in [3.05, 3.63) is 45.7 Å². The van der Waals surface area contributed by atoms with E-state index in [4.69, 9.17) is 5.14 Å². The van der Waals surface area contributed by atoms with Gasteiger partial charge in [0.1, 0.15) is 5.82 Å². The molecule has 23 heavy (non-hydrogen) atoms. The highest BCUT2D eigenvalue weighted by molar-refractivity contribution is 7.89. The summed E-state index contributed by atoms with van der Waals surface area (Å²) in [5, 5.41) is 5.01. The summed E-state index contributed by atoms with van der Waals surface area (Å²) in [6, 6.07) is 2.91. The molecule has 0 saturated heterocycles. The van der Waals surface area contributed by atoms with Crippen molar-refractivity contribution in [2.45, 2.75) is 18.2 Å². The number of thiazole rings is 1. The fourth-order valence-corrected chi connectivity index (χ4v) is 3.30. The summed E-state index contributed by atoms with van der Waals surface area (Å²) in [5.41, 5.74) is 2.31. The molecule has 124 valence electrons. The van der Waals surface area contributed by atoms with E-state index in [-0.39, 0.29) is 10.5 Å². The first-order valence-corrected chi connectivity index (χ1v) is 9.09. The zero-order chi connectivity index (χ0) is 17.2. The lowest BCUT2D eigenvalue weighted by molar-refractivity contribution is 0.0792. The molecule has 0 fully saturated rings. The molecule has 6 nitrogen and oxygen atoms in total. The number of hydrogen-bond donors (Lipinski definition) is 1. The van der Waals surface area contributed by atoms with Crippen molar-refractivity contribution in [1.29, 1.82) is 0 Å². The maximum atomic E-state index is 13.9. The third kappa shape index (κ3) is 4.12. The number of hydrogen-bond acceptors (Lipinski definition) is 5. The van der Waals surface area contributed by atoms with Crippen molar-refractivity contribution in [2.75, 3.05) is 13.6 Å². The Morgan fingerprint density at radius 3 is 2.70 bits per heavy atom. The number of nitrogens with two attached hydrogens (primary N) is 1. The van der Waals surface area contributed by atoms with Crippen molar-refractivity contribution in [3.63, 3.8) is 0 Å². The van der Waals surface area contributed by atoms with Crippen LogP contribution in [0.2, 0.25) is 0 Å². The topological polar surface area (TPSA) is 93.4 Å². The zero-order valence-electron chi connectivity index (χ0n) is 12.6. The number of carbonyl (C=O) groups is 1. The van der Waals surface area contributed by atoms with Gasteiger partial charge in [0.15, 0.2) is 0 Å². The van der Waals surface area contributed by atoms with Gasteiger partial charge in [-0.1, -0.05) is 0 Å². The first-order valence-electron chi connectivity index (χ1n) is 6.67. The molecular weight excluding hydrogens is 341 g/mol. The summed E-state index contributed by atoms with van der Waals surface area (Å²) >= 11 is 1.49. The zero-order valence-corrected chi connectivity index (χ0v) is 14.2. The molecule has 2 rings (SSSR count). The SMILES string of the molecule is Cc1ncsc1CCN(C)C(=O)c1cc(S(N)(=O)=O)ccc1F. The van der Waals surface area contributed by atoms with Crippen LogP contribution >= 0.6 is 11.3 Å². The summed E-state index contributed by atoms with van der Waals surface area (Å²) in [4.78, 5) is 18.5. The molecule has 0 radical (unpaired) electrons. The van der Waals surface area contributed by atoms with E-state index in [1.807, 2.05) is 6.92 Å². The Bertz CT molecular complexity index is 834. The second-order valence-corrected chi connectivity index (χ2v) is 7.53. The number of carbonyl (C=O) groups excluding carboxylic acids is 1. The van der Waals surface area contributed by atoms with E-state index in [9.17, 15) is 17.6 Å². The van der Waals surface area contributed by atoms with Gasteiger partial charge in [-0.3, -0.25) is 4.79 Å². The fourth-order valence-electron chi connectivity index (χ4n) is 1.99. The van der Waals surface area contributed by atoms with Crippen LogP contribution in [0.1, 0.15) is 20.9 Å². The average molecular weight is 357 g/mol. The molecular formula is C14H16FN3O3S2. The van der Waals surface area contributed by atoms with E-state index in [1.54, 1.807) is 5.51 Å². The van der Waals surface area contributed by atoms with Crippen molar-refractivity contribution in [1.82, 2.24) is 9.88 Å². The normalized spacial score (nSPS) is 11.5. The molecule has 0 aliphatic heterocycles. The number of nitrogens with zero attached hydrogens (tertiary/aromatic N) is 2. The monoisotopic (exact) mass is 357 g/mol. The first kappa shape index (κ1) is 17.5. The van der Waals surface area contributed by atoms with E-state index in [1.165, 1.54) is 23.3 Å². The summed E-state index contributed by atoms with van der Waals surface area (Å²) < 4.78 is 36.5. The maximum Gasteiger partial charge on any atom is 0.256 e. The number of likely N-dealkylation sites (N-methyl/N-ethyl adjacent to an activating group) is 1. The van der Waals surface area contributed by atoms with Gasteiger partial charge in [-0.25, -0.2) is 22.9 Å². The van der Waals surface area contributed by atoms with Crippen molar-refractivity contribution in [2.24, 2.45) is 5.14 Å². The van der Waals surface area contributed by atoms with Gasteiger partial charge < -0.3 is 4.90 Å². The van der Waals surface area contributed by atoms with Crippen LogP contribution in [0.4, 0.5) is 4.39 Å². The lowest BCUT2D eigenvalue weighted by Crippen LogP contribution is -2.30. The molecule has 1 amide bonds. The molecule has 0 spiro atoms. The Hall–Kier alpha value is -1.84. The first-order chi connectivity index (χ1) is 10.7. The lowest BCUT2D eigenvalue weighted by atomic mass is 10.2. The van der Waals surface area contributed by atoms with Crippen LogP contribution in [0.5, 0.6) is 0 Å². The van der Waals surface area contributed by atoms with Crippen LogP contribution < -0.4 is 5.14 Å². The number of rotatable bonds is 5. The molecule has 0 atom stereocenters. The molecule has 1 aromatic carbocycles. The molecule has 1 heterocycles. The molecule has 0 bridgehead atoms. The summed E-state index contributed by atoms with van der Waals surface area (Å²) in [6.45, 7) is 2.24. The van der Waals surface area contributed by atoms with Gasteiger partial charge in [-0.15, -0.1) is 11.3 Å². The number of aromatic nitrogens is 1. The van der Waals surface area contributed by atoms with E-state index >= 15 is 0 Å². The van der Waals surface area contributed by atoms with Gasteiger partial charge in [0.25, 0.3) is 5.91 Å². The second-order valence-electron chi connectivity index (χ2n) is 5.02. The molecule has 0 aliphatic rings. The third-order valence-corrected chi connectivity index (χ3v) is 5.27. The van der Waals surface area contributed by atoms with Crippen molar-refractivity contribution >= 4 is 27.3 Å². The Kier molecular flexibility index (Phi) is 5.12. The minimum atomic E-state index is -4.00. The molecule has 1 aromatic heterocycles. The Morgan fingerprint density at radius 2 is 2.13 bits per heavy atom. The van der Waals surface area contributed by atoms with E-state index in [2.05, 4.69) is 4.98 Å². The molecule has 9 heteroatoms. The molecule has 0 saturated carbocycles. The van der Waals surface area contributed by atoms with Crippen LogP contribution in [0, 0.1) is 12.7 Å². The Labute approximate surface area is 137 Å². The summed E-state index contributed by atoms with van der Waals surface area (Å²) in [6.07, 6.45) is 0.592. The molecule has 2 N–H and O–H groups in total. The van der Waals surface area contributed by atoms with Gasteiger partial charge >= 0.3 is 0 Å². The van der Waals surface area contributed by atoms with E-state index in [0.29, 0.717) is 13.0 Å².